The van der Waals surface area contributed by atoms with Gasteiger partial charge in [-0.3, -0.25) is 9.48 Å². The first kappa shape index (κ1) is 16.3. The van der Waals surface area contributed by atoms with Crippen molar-refractivity contribution in [2.75, 3.05) is 19.4 Å². The van der Waals surface area contributed by atoms with E-state index in [0.29, 0.717) is 17.9 Å². The zero-order valence-electron chi connectivity index (χ0n) is 13.6. The summed E-state index contributed by atoms with van der Waals surface area (Å²) in [6.45, 7) is 2.48. The summed E-state index contributed by atoms with van der Waals surface area (Å²) < 4.78 is 1.60. The van der Waals surface area contributed by atoms with Crippen LogP contribution in [0.4, 0.5) is 10.5 Å². The maximum Gasteiger partial charge on any atom is 0.319 e. The lowest BCUT2D eigenvalue weighted by atomic mass is 9.96. The van der Waals surface area contributed by atoms with E-state index in [0.717, 1.165) is 25.7 Å². The van der Waals surface area contributed by atoms with E-state index < -0.39 is 0 Å². The fourth-order valence-electron chi connectivity index (χ4n) is 2.74. The average Bonchev–Trinajstić information content (AvgIpc) is 2.89. The number of carbonyl (C=O) groups excluding carboxylic acids is 2. The number of nitrogens with zero attached hydrogens (tertiary/aromatic N) is 3. The molecular formula is C15H25N5O2. The number of aryl methyl sites for hydroxylation is 1. The van der Waals surface area contributed by atoms with Crippen LogP contribution in [0.3, 0.4) is 0 Å². The Labute approximate surface area is 131 Å². The van der Waals surface area contributed by atoms with E-state index in [9.17, 15) is 9.59 Å². The summed E-state index contributed by atoms with van der Waals surface area (Å²) in [5, 5.41) is 9.91. The molecule has 1 aliphatic rings. The van der Waals surface area contributed by atoms with Gasteiger partial charge < -0.3 is 15.5 Å². The SMILES string of the molecule is CCn1ncc(NC(=O)NC2CCCCC2)c1C(=O)N(C)C. The summed E-state index contributed by atoms with van der Waals surface area (Å²) in [6.07, 6.45) is 7.12. The van der Waals surface area contributed by atoms with Crippen molar-refractivity contribution in [2.45, 2.75) is 51.6 Å². The molecule has 0 atom stereocenters. The molecular weight excluding hydrogens is 282 g/mol. The maximum absolute atomic E-state index is 12.3. The van der Waals surface area contributed by atoms with Gasteiger partial charge in [0.2, 0.25) is 0 Å². The van der Waals surface area contributed by atoms with Crippen LogP contribution in [-0.2, 0) is 6.54 Å². The van der Waals surface area contributed by atoms with Crippen molar-refractivity contribution in [3.63, 3.8) is 0 Å². The van der Waals surface area contributed by atoms with Crippen LogP contribution < -0.4 is 10.6 Å². The Morgan fingerprint density at radius 3 is 2.59 bits per heavy atom. The van der Waals surface area contributed by atoms with Gasteiger partial charge in [0, 0.05) is 26.7 Å². The molecule has 22 heavy (non-hydrogen) atoms. The van der Waals surface area contributed by atoms with Crippen molar-refractivity contribution < 1.29 is 9.59 Å². The molecule has 0 unspecified atom stereocenters. The van der Waals surface area contributed by atoms with Crippen molar-refractivity contribution in [3.8, 4) is 0 Å². The van der Waals surface area contributed by atoms with Gasteiger partial charge in [-0.15, -0.1) is 0 Å². The van der Waals surface area contributed by atoms with E-state index in [2.05, 4.69) is 15.7 Å². The maximum atomic E-state index is 12.3. The fourth-order valence-corrected chi connectivity index (χ4v) is 2.74. The van der Waals surface area contributed by atoms with E-state index in [4.69, 9.17) is 0 Å². The zero-order chi connectivity index (χ0) is 16.1. The summed E-state index contributed by atoms with van der Waals surface area (Å²) in [7, 11) is 3.36. The molecule has 1 fully saturated rings. The second-order valence-corrected chi connectivity index (χ2v) is 5.86. The summed E-state index contributed by atoms with van der Waals surface area (Å²) >= 11 is 0. The lowest BCUT2D eigenvalue weighted by molar-refractivity contribution is 0.0816. The number of nitrogens with one attached hydrogen (secondary N) is 2. The van der Waals surface area contributed by atoms with Crippen molar-refractivity contribution in [1.29, 1.82) is 0 Å². The average molecular weight is 307 g/mol. The molecule has 2 N–H and O–H groups in total. The van der Waals surface area contributed by atoms with Crippen LogP contribution in [0.5, 0.6) is 0 Å². The van der Waals surface area contributed by atoms with Gasteiger partial charge in [-0.05, 0) is 19.8 Å². The third-order valence-electron chi connectivity index (χ3n) is 3.94. The van der Waals surface area contributed by atoms with Crippen LogP contribution in [0.1, 0.15) is 49.5 Å². The molecule has 2 rings (SSSR count). The van der Waals surface area contributed by atoms with Crippen molar-refractivity contribution in [1.82, 2.24) is 20.0 Å². The van der Waals surface area contributed by atoms with E-state index in [1.165, 1.54) is 17.5 Å². The molecule has 0 saturated heterocycles. The first-order valence-corrected chi connectivity index (χ1v) is 7.88. The highest BCUT2D eigenvalue weighted by Crippen LogP contribution is 2.19. The van der Waals surface area contributed by atoms with Gasteiger partial charge in [0.1, 0.15) is 5.69 Å². The fraction of sp³-hybridized carbons (Fsp3) is 0.667. The van der Waals surface area contributed by atoms with E-state index in [1.807, 2.05) is 6.92 Å². The van der Waals surface area contributed by atoms with Crippen LogP contribution in [0.25, 0.3) is 0 Å². The van der Waals surface area contributed by atoms with Crippen molar-refractivity contribution in [2.24, 2.45) is 0 Å². The molecule has 0 aliphatic heterocycles. The monoisotopic (exact) mass is 307 g/mol. The Bertz CT molecular complexity index is 532. The number of hydrogen-bond acceptors (Lipinski definition) is 3. The second kappa shape index (κ2) is 7.29. The van der Waals surface area contributed by atoms with Gasteiger partial charge in [0.05, 0.1) is 11.9 Å². The number of aromatic nitrogens is 2. The molecule has 1 saturated carbocycles. The lowest BCUT2D eigenvalue weighted by Gasteiger charge is -2.23. The van der Waals surface area contributed by atoms with Crippen LogP contribution in [0.2, 0.25) is 0 Å². The van der Waals surface area contributed by atoms with E-state index in [1.54, 1.807) is 18.8 Å². The minimum absolute atomic E-state index is 0.174. The highest BCUT2D eigenvalue weighted by molar-refractivity contribution is 6.01. The Kier molecular flexibility index (Phi) is 5.41. The third-order valence-corrected chi connectivity index (χ3v) is 3.94. The van der Waals surface area contributed by atoms with Crippen LogP contribution in [0.15, 0.2) is 6.20 Å². The highest BCUT2D eigenvalue weighted by Gasteiger charge is 2.22. The van der Waals surface area contributed by atoms with Crippen LogP contribution in [0, 0.1) is 0 Å². The predicted molar refractivity (Wildman–Crippen MR) is 84.9 cm³/mol. The quantitative estimate of drug-likeness (QED) is 0.893. The molecule has 0 spiro atoms. The lowest BCUT2D eigenvalue weighted by Crippen LogP contribution is -2.39. The molecule has 3 amide bonds. The molecule has 0 bridgehead atoms. The first-order valence-electron chi connectivity index (χ1n) is 7.88. The summed E-state index contributed by atoms with van der Waals surface area (Å²) in [6, 6.07) is -0.0432. The van der Waals surface area contributed by atoms with Gasteiger partial charge in [-0.25, -0.2) is 4.79 Å². The summed E-state index contributed by atoms with van der Waals surface area (Å²) in [5.41, 5.74) is 0.861. The van der Waals surface area contributed by atoms with Gasteiger partial charge in [0.15, 0.2) is 0 Å². The number of carbonyl (C=O) groups is 2. The minimum atomic E-state index is -0.268. The number of hydrogen-bond donors (Lipinski definition) is 2. The first-order chi connectivity index (χ1) is 10.5. The van der Waals surface area contributed by atoms with Crippen molar-refractivity contribution in [3.05, 3.63) is 11.9 Å². The Hall–Kier alpha value is -2.05. The highest BCUT2D eigenvalue weighted by atomic mass is 16.2. The smallest absolute Gasteiger partial charge is 0.319 e. The molecule has 122 valence electrons. The van der Waals surface area contributed by atoms with E-state index >= 15 is 0 Å². The van der Waals surface area contributed by atoms with Crippen LogP contribution >= 0.6 is 0 Å². The Morgan fingerprint density at radius 2 is 2.00 bits per heavy atom. The third kappa shape index (κ3) is 3.78. The number of amides is 3. The second-order valence-electron chi connectivity index (χ2n) is 5.86. The molecule has 1 aromatic rings. The molecule has 7 nitrogen and oxygen atoms in total. The topological polar surface area (TPSA) is 79.3 Å². The normalized spacial score (nSPS) is 15.4. The van der Waals surface area contributed by atoms with Crippen LogP contribution in [-0.4, -0.2) is 46.8 Å². The number of rotatable bonds is 4. The minimum Gasteiger partial charge on any atom is -0.343 e. The Balaban J connectivity index is 2.06. The number of urea groups is 1. The van der Waals surface area contributed by atoms with Gasteiger partial charge in [-0.1, -0.05) is 19.3 Å². The van der Waals surface area contributed by atoms with Crippen molar-refractivity contribution >= 4 is 17.6 Å². The Morgan fingerprint density at radius 1 is 1.32 bits per heavy atom. The van der Waals surface area contributed by atoms with Gasteiger partial charge in [-0.2, -0.15) is 5.10 Å². The number of anilines is 1. The van der Waals surface area contributed by atoms with Gasteiger partial charge in [0.25, 0.3) is 5.91 Å². The molecule has 1 aromatic heterocycles. The molecule has 0 aromatic carbocycles. The largest absolute Gasteiger partial charge is 0.343 e. The molecule has 1 heterocycles. The molecule has 0 radical (unpaired) electrons. The summed E-state index contributed by atoms with van der Waals surface area (Å²) in [5.74, 6) is -0.174. The predicted octanol–water partition coefficient (Wildman–Crippen LogP) is 2.06. The molecule has 7 heteroatoms. The summed E-state index contributed by atoms with van der Waals surface area (Å²) in [4.78, 5) is 25.9. The molecule has 1 aliphatic carbocycles. The van der Waals surface area contributed by atoms with Gasteiger partial charge >= 0.3 is 6.03 Å². The zero-order valence-corrected chi connectivity index (χ0v) is 13.6. The van der Waals surface area contributed by atoms with E-state index in [-0.39, 0.29) is 18.0 Å². The standard InChI is InChI=1S/C15H25N5O2/c1-4-20-13(14(21)19(2)3)12(10-16-20)18-15(22)17-11-8-6-5-7-9-11/h10-11H,4-9H2,1-3H3,(H2,17,18,22).